The van der Waals surface area contributed by atoms with Gasteiger partial charge < -0.3 is 9.55 Å². The minimum Gasteiger partial charge on any atom is -0.324 e. The summed E-state index contributed by atoms with van der Waals surface area (Å²) >= 11 is 0. The maximum atomic E-state index is 12.9. The molecule has 3 heterocycles. The normalized spacial score (nSPS) is 15.4. The van der Waals surface area contributed by atoms with Gasteiger partial charge in [0.15, 0.2) is 0 Å². The third kappa shape index (κ3) is 3.30. The van der Waals surface area contributed by atoms with Crippen molar-refractivity contribution in [1.29, 1.82) is 0 Å². The van der Waals surface area contributed by atoms with Gasteiger partial charge >= 0.3 is 6.18 Å². The number of nitrogens with one attached hydrogen (secondary N) is 1. The van der Waals surface area contributed by atoms with Gasteiger partial charge in [-0.2, -0.15) is 13.2 Å². The highest BCUT2D eigenvalue weighted by molar-refractivity contribution is 5.76. The van der Waals surface area contributed by atoms with Gasteiger partial charge in [0.05, 0.1) is 28.8 Å². The molecule has 9 heteroatoms. The summed E-state index contributed by atoms with van der Waals surface area (Å²) in [6.07, 6.45) is -4.36. The van der Waals surface area contributed by atoms with E-state index >= 15 is 0 Å². The highest BCUT2D eigenvalue weighted by atomic mass is 19.4. The molecule has 0 aliphatic carbocycles. The molecule has 0 atom stereocenters. The Balaban J connectivity index is 1.64. The molecule has 1 aliphatic heterocycles. The lowest BCUT2D eigenvalue weighted by atomic mass is 10.1. The van der Waals surface area contributed by atoms with Crippen molar-refractivity contribution in [2.24, 2.45) is 0 Å². The molecule has 1 aromatic carbocycles. The summed E-state index contributed by atoms with van der Waals surface area (Å²) in [5.41, 5.74) is 1.74. The highest BCUT2D eigenvalue weighted by Crippen LogP contribution is 2.27. The molecule has 28 heavy (non-hydrogen) atoms. The lowest BCUT2D eigenvalue weighted by Gasteiger charge is -2.28. The van der Waals surface area contributed by atoms with Crippen LogP contribution in [0.2, 0.25) is 0 Å². The Labute approximate surface area is 159 Å². The zero-order chi connectivity index (χ0) is 20.1. The Morgan fingerprint density at radius 1 is 1.21 bits per heavy atom. The van der Waals surface area contributed by atoms with Crippen LogP contribution in [0.15, 0.2) is 29.1 Å². The minimum absolute atomic E-state index is 0.207. The van der Waals surface area contributed by atoms with Crippen LogP contribution in [0.5, 0.6) is 0 Å². The quantitative estimate of drug-likeness (QED) is 0.744. The standard InChI is InChI=1S/C19H20F3N5O/c1-11(2)27-15-6-4-3-5-14(15)23-16(27)10-26-8-7-13-12(9-26)17(28)25-18(24-13)19(20,21)22/h3-6,11H,7-10H2,1-2H3,(H,24,25,28). The second-order valence-corrected chi connectivity index (χ2v) is 7.28. The number of imidazole rings is 1. The first-order valence-corrected chi connectivity index (χ1v) is 9.11. The number of nitrogens with zero attached hydrogens (tertiary/aromatic N) is 4. The molecule has 0 amide bonds. The SMILES string of the molecule is CC(C)n1c(CN2CCc3nc(C(F)(F)F)[nH]c(=O)c3C2)nc2ccccc21. The lowest BCUT2D eigenvalue weighted by molar-refractivity contribution is -0.145. The Morgan fingerprint density at radius 2 is 1.96 bits per heavy atom. The Bertz CT molecular complexity index is 1080. The summed E-state index contributed by atoms with van der Waals surface area (Å²) in [6, 6.07) is 8.08. The predicted octanol–water partition coefficient (Wildman–Crippen LogP) is 3.28. The largest absolute Gasteiger partial charge is 0.449 e. The van der Waals surface area contributed by atoms with Crippen molar-refractivity contribution in [3.8, 4) is 0 Å². The zero-order valence-electron chi connectivity index (χ0n) is 15.5. The summed E-state index contributed by atoms with van der Waals surface area (Å²) in [6.45, 7) is 5.43. The number of hydrogen-bond acceptors (Lipinski definition) is 4. The van der Waals surface area contributed by atoms with Crippen molar-refractivity contribution >= 4 is 11.0 Å². The van der Waals surface area contributed by atoms with Crippen molar-refractivity contribution in [1.82, 2.24) is 24.4 Å². The molecule has 0 saturated carbocycles. The van der Waals surface area contributed by atoms with E-state index in [9.17, 15) is 18.0 Å². The third-order valence-corrected chi connectivity index (χ3v) is 4.97. The van der Waals surface area contributed by atoms with E-state index in [-0.39, 0.29) is 18.3 Å². The van der Waals surface area contributed by atoms with Gasteiger partial charge in [-0.05, 0) is 26.0 Å². The number of fused-ring (bicyclic) bond motifs is 2. The van der Waals surface area contributed by atoms with E-state index in [0.29, 0.717) is 25.1 Å². The number of H-pyrrole nitrogens is 1. The molecule has 1 aliphatic rings. The fourth-order valence-corrected chi connectivity index (χ4v) is 3.73. The predicted molar refractivity (Wildman–Crippen MR) is 97.8 cm³/mol. The maximum absolute atomic E-state index is 12.9. The van der Waals surface area contributed by atoms with E-state index in [2.05, 4.69) is 23.4 Å². The van der Waals surface area contributed by atoms with E-state index < -0.39 is 17.6 Å². The van der Waals surface area contributed by atoms with Crippen LogP contribution in [0.1, 0.15) is 42.8 Å². The third-order valence-electron chi connectivity index (χ3n) is 4.97. The first-order valence-electron chi connectivity index (χ1n) is 9.11. The van der Waals surface area contributed by atoms with Crippen LogP contribution in [-0.2, 0) is 25.7 Å². The molecule has 0 spiro atoms. The minimum atomic E-state index is -4.66. The fourth-order valence-electron chi connectivity index (χ4n) is 3.73. The van der Waals surface area contributed by atoms with Gasteiger partial charge in [-0.25, -0.2) is 9.97 Å². The van der Waals surface area contributed by atoms with Crippen molar-refractivity contribution < 1.29 is 13.2 Å². The summed E-state index contributed by atoms with van der Waals surface area (Å²) in [7, 11) is 0. The lowest BCUT2D eigenvalue weighted by Crippen LogP contribution is -2.37. The maximum Gasteiger partial charge on any atom is 0.449 e. The van der Waals surface area contributed by atoms with Crippen LogP contribution < -0.4 is 5.56 Å². The Hall–Kier alpha value is -2.68. The number of alkyl halides is 3. The van der Waals surface area contributed by atoms with Gasteiger partial charge in [0, 0.05) is 25.6 Å². The number of hydrogen-bond donors (Lipinski definition) is 1. The smallest absolute Gasteiger partial charge is 0.324 e. The fraction of sp³-hybridized carbons (Fsp3) is 0.421. The summed E-state index contributed by atoms with van der Waals surface area (Å²) < 4.78 is 40.8. The van der Waals surface area contributed by atoms with Gasteiger partial charge in [-0.1, -0.05) is 12.1 Å². The van der Waals surface area contributed by atoms with Crippen molar-refractivity contribution in [2.75, 3.05) is 6.54 Å². The molecule has 0 unspecified atom stereocenters. The molecule has 6 nitrogen and oxygen atoms in total. The number of aromatic nitrogens is 4. The molecule has 1 N–H and O–H groups in total. The van der Waals surface area contributed by atoms with Gasteiger partial charge in [-0.15, -0.1) is 0 Å². The van der Waals surface area contributed by atoms with Crippen molar-refractivity contribution in [3.63, 3.8) is 0 Å². The van der Waals surface area contributed by atoms with Gasteiger partial charge in [-0.3, -0.25) is 9.69 Å². The molecule has 0 saturated heterocycles. The van der Waals surface area contributed by atoms with Crippen LogP contribution in [0.25, 0.3) is 11.0 Å². The second kappa shape index (κ2) is 6.73. The van der Waals surface area contributed by atoms with E-state index in [1.54, 1.807) is 0 Å². The topological polar surface area (TPSA) is 66.8 Å². The number of benzene rings is 1. The molecular weight excluding hydrogens is 371 g/mol. The van der Waals surface area contributed by atoms with Crippen LogP contribution in [0.4, 0.5) is 13.2 Å². The molecule has 3 aromatic rings. The molecule has 0 radical (unpaired) electrons. The van der Waals surface area contributed by atoms with Gasteiger partial charge in [0.25, 0.3) is 5.56 Å². The monoisotopic (exact) mass is 391 g/mol. The van der Waals surface area contributed by atoms with E-state index in [0.717, 1.165) is 16.9 Å². The van der Waals surface area contributed by atoms with E-state index in [1.807, 2.05) is 34.1 Å². The Morgan fingerprint density at radius 3 is 2.68 bits per heavy atom. The summed E-state index contributed by atoms with van der Waals surface area (Å²) in [4.78, 5) is 24.5. The average Bonchev–Trinajstić information content (AvgIpc) is 2.99. The Kier molecular flexibility index (Phi) is 4.49. The molecule has 2 aromatic heterocycles. The average molecular weight is 391 g/mol. The molecule has 148 valence electrons. The van der Waals surface area contributed by atoms with Crippen molar-refractivity contribution in [3.05, 3.63) is 57.5 Å². The van der Waals surface area contributed by atoms with Crippen LogP contribution in [0, 0.1) is 0 Å². The summed E-state index contributed by atoms with van der Waals surface area (Å²) in [5, 5.41) is 0. The van der Waals surface area contributed by atoms with E-state index in [4.69, 9.17) is 4.98 Å². The number of para-hydroxylation sites is 2. The molecule has 4 rings (SSSR count). The second-order valence-electron chi connectivity index (χ2n) is 7.28. The molecule has 0 bridgehead atoms. The summed E-state index contributed by atoms with van der Waals surface area (Å²) in [5.74, 6) is -0.359. The van der Waals surface area contributed by atoms with Gasteiger partial charge in [0.2, 0.25) is 5.82 Å². The van der Waals surface area contributed by atoms with Crippen LogP contribution in [-0.4, -0.2) is 31.0 Å². The molecular formula is C19H20F3N5O. The highest BCUT2D eigenvalue weighted by Gasteiger charge is 2.36. The number of rotatable bonds is 3. The van der Waals surface area contributed by atoms with Gasteiger partial charge in [0.1, 0.15) is 5.82 Å². The zero-order valence-corrected chi connectivity index (χ0v) is 15.5. The number of aromatic amines is 1. The first-order chi connectivity index (χ1) is 13.2. The van der Waals surface area contributed by atoms with Crippen LogP contribution >= 0.6 is 0 Å². The van der Waals surface area contributed by atoms with E-state index in [1.165, 1.54) is 0 Å². The van der Waals surface area contributed by atoms with Crippen LogP contribution in [0.3, 0.4) is 0 Å². The first kappa shape index (κ1) is 18.7. The van der Waals surface area contributed by atoms with Crippen molar-refractivity contribution in [2.45, 2.75) is 45.6 Å². The number of halogens is 3. The molecule has 0 fully saturated rings.